The zero-order chi connectivity index (χ0) is 18.2. The Morgan fingerprint density at radius 1 is 1.33 bits per heavy atom. The van der Waals surface area contributed by atoms with Gasteiger partial charge in [0.05, 0.1) is 0 Å². The molecule has 0 radical (unpaired) electrons. The van der Waals surface area contributed by atoms with Crippen molar-refractivity contribution in [2.75, 3.05) is 13.7 Å². The first-order valence-corrected chi connectivity index (χ1v) is 7.66. The van der Waals surface area contributed by atoms with E-state index < -0.39 is 30.0 Å². The molecule has 0 saturated heterocycles. The number of benzene rings is 1. The molecule has 0 aliphatic rings. The Kier molecular flexibility index (Phi) is 8.04. The molecule has 0 unspecified atom stereocenters. The van der Waals surface area contributed by atoms with Crippen LogP contribution in [0, 0.1) is 5.82 Å². The monoisotopic (exact) mass is 345 g/mol. The Labute approximate surface area is 139 Å². The van der Waals surface area contributed by atoms with Gasteiger partial charge in [0.1, 0.15) is 23.6 Å². The van der Waals surface area contributed by atoms with Crippen LogP contribution in [-0.2, 0) is 15.0 Å². The molecular formula is C16H22F3N3O2. The van der Waals surface area contributed by atoms with E-state index in [2.05, 4.69) is 10.0 Å². The van der Waals surface area contributed by atoms with Gasteiger partial charge < -0.3 is 9.47 Å². The molecule has 0 amide bonds. The minimum Gasteiger partial charge on any atom is -0.377 e. The van der Waals surface area contributed by atoms with E-state index in [1.165, 1.54) is 38.3 Å². The first kappa shape index (κ1) is 20.3. The molecule has 1 aromatic carbocycles. The number of hydrogen-bond acceptors (Lipinski definition) is 3. The highest BCUT2D eigenvalue weighted by Crippen LogP contribution is 2.37. The molecule has 0 fully saturated rings. The van der Waals surface area contributed by atoms with Crippen molar-refractivity contribution >= 4 is 0 Å². The highest BCUT2D eigenvalue weighted by molar-refractivity contribution is 5.28. The third-order valence-corrected chi connectivity index (χ3v) is 3.83. The van der Waals surface area contributed by atoms with Gasteiger partial charge in [-0.2, -0.15) is 0 Å². The molecule has 134 valence electrons. The van der Waals surface area contributed by atoms with Crippen LogP contribution in [0.4, 0.5) is 13.2 Å². The minimum absolute atomic E-state index is 0.0283. The molecule has 0 aromatic heterocycles. The zero-order valence-electron chi connectivity index (χ0n) is 14.0. The summed E-state index contributed by atoms with van der Waals surface area (Å²) in [4.78, 5) is 2.71. The molecule has 5 nitrogen and oxygen atoms in total. The van der Waals surface area contributed by atoms with Gasteiger partial charge in [0.2, 0.25) is 0 Å². The van der Waals surface area contributed by atoms with Crippen LogP contribution in [0.2, 0.25) is 0 Å². The molecule has 8 heteroatoms. The number of halogens is 3. The second kappa shape index (κ2) is 9.52. The Morgan fingerprint density at radius 2 is 2.00 bits per heavy atom. The van der Waals surface area contributed by atoms with Crippen LogP contribution in [-0.4, -0.2) is 32.4 Å². The maximum atomic E-state index is 14.2. The van der Waals surface area contributed by atoms with E-state index in [0.717, 1.165) is 6.42 Å². The maximum Gasteiger partial charge on any atom is 0.266 e. The molecule has 3 atom stereocenters. The predicted octanol–water partition coefficient (Wildman–Crippen LogP) is 4.82. The van der Waals surface area contributed by atoms with E-state index in [1.54, 1.807) is 0 Å². The van der Waals surface area contributed by atoms with Crippen LogP contribution in [0.5, 0.6) is 0 Å². The van der Waals surface area contributed by atoms with Gasteiger partial charge in [-0.05, 0) is 24.9 Å². The summed E-state index contributed by atoms with van der Waals surface area (Å²) in [6.45, 7) is 3.37. The van der Waals surface area contributed by atoms with Crippen molar-refractivity contribution in [3.05, 3.63) is 46.1 Å². The molecular weight excluding hydrogens is 323 g/mol. The zero-order valence-corrected chi connectivity index (χ0v) is 14.0. The van der Waals surface area contributed by atoms with Crippen molar-refractivity contribution in [3.8, 4) is 0 Å². The van der Waals surface area contributed by atoms with Gasteiger partial charge in [-0.25, -0.2) is 13.2 Å². The van der Waals surface area contributed by atoms with Gasteiger partial charge in [0, 0.05) is 24.2 Å². The summed E-state index contributed by atoms with van der Waals surface area (Å²) in [5, 5.41) is 3.59. The molecule has 0 N–H and O–H groups in total. The van der Waals surface area contributed by atoms with Gasteiger partial charge in [0.25, 0.3) is 6.43 Å². The van der Waals surface area contributed by atoms with Crippen LogP contribution < -0.4 is 0 Å². The van der Waals surface area contributed by atoms with Crippen molar-refractivity contribution in [2.24, 2.45) is 5.11 Å². The Balaban J connectivity index is 3.31. The number of ether oxygens (including phenoxy) is 2. The first-order chi connectivity index (χ1) is 11.4. The van der Waals surface area contributed by atoms with Gasteiger partial charge in [-0.1, -0.05) is 36.7 Å². The van der Waals surface area contributed by atoms with Crippen LogP contribution in [0.15, 0.2) is 29.4 Å². The largest absolute Gasteiger partial charge is 0.377 e. The van der Waals surface area contributed by atoms with Crippen LogP contribution in [0.25, 0.3) is 10.4 Å². The van der Waals surface area contributed by atoms with E-state index in [1.807, 2.05) is 6.92 Å². The summed E-state index contributed by atoms with van der Waals surface area (Å²) in [5.74, 6) is -0.670. The second-order valence-corrected chi connectivity index (χ2v) is 5.50. The number of alkyl halides is 2. The smallest absolute Gasteiger partial charge is 0.266 e. The fourth-order valence-corrected chi connectivity index (χ4v) is 2.57. The normalized spacial score (nSPS) is 16.3. The average molecular weight is 345 g/mol. The molecule has 0 bridgehead atoms. The van der Waals surface area contributed by atoms with Gasteiger partial charge in [-0.3, -0.25) is 0 Å². The van der Waals surface area contributed by atoms with E-state index in [0.29, 0.717) is 6.42 Å². The summed E-state index contributed by atoms with van der Waals surface area (Å²) >= 11 is 0. The molecule has 0 saturated carbocycles. The van der Waals surface area contributed by atoms with Crippen molar-refractivity contribution in [2.45, 2.75) is 50.9 Å². The number of methoxy groups -OCH3 is 1. The van der Waals surface area contributed by atoms with Crippen LogP contribution in [0.1, 0.15) is 32.3 Å². The lowest BCUT2D eigenvalue weighted by atomic mass is 9.83. The third-order valence-electron chi connectivity index (χ3n) is 3.83. The molecule has 24 heavy (non-hydrogen) atoms. The van der Waals surface area contributed by atoms with Gasteiger partial charge in [0.15, 0.2) is 0 Å². The fraction of sp³-hybridized carbons (Fsp3) is 0.625. The summed E-state index contributed by atoms with van der Waals surface area (Å²) < 4.78 is 51.7. The number of hydrogen-bond donors (Lipinski definition) is 0. The first-order valence-electron chi connectivity index (χ1n) is 7.66. The topological polar surface area (TPSA) is 67.2 Å². The summed E-state index contributed by atoms with van der Waals surface area (Å²) in [5.41, 5.74) is 7.16. The van der Waals surface area contributed by atoms with Gasteiger partial charge in [-0.15, -0.1) is 0 Å². The molecule has 0 aliphatic carbocycles. The molecule has 1 rings (SSSR count). The number of unbranched alkanes of at least 4 members (excludes halogenated alkanes) is 1. The Morgan fingerprint density at radius 3 is 2.50 bits per heavy atom. The molecule has 0 heterocycles. The summed E-state index contributed by atoms with van der Waals surface area (Å²) in [6, 6.07) is 5.54. The standard InChI is InChI=1S/C16H22F3N3O2/c1-4-5-10-24-13(15(18)19)14(23-3)16(2,21-22-20)11-8-6-7-9-12(11)17/h6-9,13-15H,4-5,10H2,1-3H3/t13-,14-,16+/m0/s1. The van der Waals surface area contributed by atoms with Crippen molar-refractivity contribution < 1.29 is 22.6 Å². The average Bonchev–Trinajstić information content (AvgIpc) is 2.54. The van der Waals surface area contributed by atoms with Crippen LogP contribution in [0.3, 0.4) is 0 Å². The Hall–Kier alpha value is -1.76. The fourth-order valence-electron chi connectivity index (χ4n) is 2.57. The molecule has 0 spiro atoms. The highest BCUT2D eigenvalue weighted by Gasteiger charge is 2.46. The minimum atomic E-state index is -2.88. The lowest BCUT2D eigenvalue weighted by molar-refractivity contribution is -0.146. The quantitative estimate of drug-likeness (QED) is 0.264. The molecule has 0 aliphatic heterocycles. The maximum absolute atomic E-state index is 14.2. The van der Waals surface area contributed by atoms with Crippen LogP contribution >= 0.6 is 0 Å². The van der Waals surface area contributed by atoms with Crippen molar-refractivity contribution in [1.82, 2.24) is 0 Å². The second-order valence-electron chi connectivity index (χ2n) is 5.50. The third kappa shape index (κ3) is 4.63. The van der Waals surface area contributed by atoms with Crippen molar-refractivity contribution in [1.29, 1.82) is 0 Å². The molecule has 1 aromatic rings. The number of rotatable bonds is 10. The summed E-state index contributed by atoms with van der Waals surface area (Å²) in [7, 11) is 1.20. The lowest BCUT2D eigenvalue weighted by Gasteiger charge is -2.37. The predicted molar refractivity (Wildman–Crippen MR) is 84.3 cm³/mol. The number of nitrogens with zero attached hydrogens (tertiary/aromatic N) is 3. The number of azide groups is 1. The van der Waals surface area contributed by atoms with E-state index in [9.17, 15) is 13.2 Å². The van der Waals surface area contributed by atoms with Crippen molar-refractivity contribution in [3.63, 3.8) is 0 Å². The van der Waals surface area contributed by atoms with E-state index >= 15 is 0 Å². The van der Waals surface area contributed by atoms with E-state index in [-0.39, 0.29) is 12.2 Å². The SMILES string of the molecule is CCCCO[C@H](C(F)F)[C@H](OC)[C@](C)(N=[N+]=[N-])c1ccccc1F. The lowest BCUT2D eigenvalue weighted by Crippen LogP contribution is -2.49. The van der Waals surface area contributed by atoms with Gasteiger partial charge >= 0.3 is 0 Å². The summed E-state index contributed by atoms with van der Waals surface area (Å²) in [6.07, 6.45) is -4.53. The highest BCUT2D eigenvalue weighted by atomic mass is 19.3. The Bertz CT molecular complexity index is 567. The van der Waals surface area contributed by atoms with E-state index in [4.69, 9.17) is 15.0 Å².